The second kappa shape index (κ2) is 3.91. The molecule has 90 valence electrons. The molecular formula is C12H21N3O. The van der Waals surface area contributed by atoms with Crippen molar-refractivity contribution in [2.24, 2.45) is 17.8 Å². The average molecular weight is 223 g/mol. The standard InChI is InChI=1S/C12H21N3O/c1-8-3-2-4-15(7-8)12(16)14-11-9-5-13-6-10(9)11/h8-11,13H,2-7H2,1H3,(H,14,16). The first-order valence-electron chi connectivity index (χ1n) is 6.52. The number of hydrogen-bond acceptors (Lipinski definition) is 2. The van der Waals surface area contributed by atoms with Crippen LogP contribution in [0.4, 0.5) is 4.79 Å². The third-order valence-corrected chi connectivity index (χ3v) is 4.33. The van der Waals surface area contributed by atoms with E-state index in [-0.39, 0.29) is 6.03 Å². The first-order valence-corrected chi connectivity index (χ1v) is 6.52. The van der Waals surface area contributed by atoms with Crippen LogP contribution in [0.5, 0.6) is 0 Å². The zero-order chi connectivity index (χ0) is 11.1. The molecule has 1 saturated carbocycles. The van der Waals surface area contributed by atoms with Gasteiger partial charge in [-0.2, -0.15) is 0 Å². The van der Waals surface area contributed by atoms with Crippen molar-refractivity contribution >= 4 is 6.03 Å². The Morgan fingerprint density at radius 1 is 1.38 bits per heavy atom. The highest BCUT2D eigenvalue weighted by molar-refractivity contribution is 5.75. The summed E-state index contributed by atoms with van der Waals surface area (Å²) in [6.45, 7) is 6.29. The molecule has 1 aliphatic carbocycles. The number of carbonyl (C=O) groups excluding carboxylic acids is 1. The van der Waals surface area contributed by atoms with Gasteiger partial charge in [-0.25, -0.2) is 4.79 Å². The summed E-state index contributed by atoms with van der Waals surface area (Å²) in [5.74, 6) is 2.09. The lowest BCUT2D eigenvalue weighted by Crippen LogP contribution is -2.47. The Bertz CT molecular complexity index is 284. The third-order valence-electron chi connectivity index (χ3n) is 4.33. The Balaban J connectivity index is 1.50. The van der Waals surface area contributed by atoms with Gasteiger partial charge in [-0.05, 0) is 30.6 Å². The first-order chi connectivity index (χ1) is 7.75. The van der Waals surface area contributed by atoms with E-state index in [0.717, 1.165) is 32.6 Å². The molecule has 3 atom stereocenters. The van der Waals surface area contributed by atoms with Gasteiger partial charge in [-0.15, -0.1) is 0 Å². The maximum Gasteiger partial charge on any atom is 0.317 e. The normalized spacial score (nSPS) is 41.7. The molecule has 0 aromatic heterocycles. The number of hydrogen-bond donors (Lipinski definition) is 2. The van der Waals surface area contributed by atoms with Crippen molar-refractivity contribution in [3.63, 3.8) is 0 Å². The summed E-state index contributed by atoms with van der Waals surface area (Å²) in [5.41, 5.74) is 0. The maximum atomic E-state index is 12.0. The molecule has 0 bridgehead atoms. The molecule has 3 aliphatic rings. The van der Waals surface area contributed by atoms with Gasteiger partial charge in [-0.3, -0.25) is 0 Å². The number of nitrogens with zero attached hydrogens (tertiary/aromatic N) is 1. The van der Waals surface area contributed by atoms with Gasteiger partial charge in [0.2, 0.25) is 0 Å². The quantitative estimate of drug-likeness (QED) is 0.685. The van der Waals surface area contributed by atoms with Crippen LogP contribution in [0, 0.1) is 17.8 Å². The summed E-state index contributed by atoms with van der Waals surface area (Å²) in [6.07, 6.45) is 2.43. The number of fused-ring (bicyclic) bond motifs is 1. The van der Waals surface area contributed by atoms with Gasteiger partial charge in [0.1, 0.15) is 0 Å². The van der Waals surface area contributed by atoms with Gasteiger partial charge in [0.05, 0.1) is 0 Å². The molecular weight excluding hydrogens is 202 g/mol. The monoisotopic (exact) mass is 223 g/mol. The summed E-state index contributed by atoms with van der Waals surface area (Å²) in [6, 6.07) is 0.636. The van der Waals surface area contributed by atoms with Gasteiger partial charge in [0.25, 0.3) is 0 Å². The lowest BCUT2D eigenvalue weighted by Gasteiger charge is -2.31. The van der Waals surface area contributed by atoms with E-state index >= 15 is 0 Å². The number of carbonyl (C=O) groups is 1. The van der Waals surface area contributed by atoms with Gasteiger partial charge in [-0.1, -0.05) is 6.92 Å². The Labute approximate surface area is 96.8 Å². The Hall–Kier alpha value is -0.770. The summed E-state index contributed by atoms with van der Waals surface area (Å²) in [7, 11) is 0. The van der Waals surface area contributed by atoms with E-state index in [1.165, 1.54) is 6.42 Å². The van der Waals surface area contributed by atoms with Crippen molar-refractivity contribution in [1.82, 2.24) is 15.5 Å². The minimum absolute atomic E-state index is 0.172. The van der Waals surface area contributed by atoms with Gasteiger partial charge >= 0.3 is 6.03 Å². The van der Waals surface area contributed by atoms with Crippen molar-refractivity contribution in [3.05, 3.63) is 0 Å². The fourth-order valence-corrected chi connectivity index (χ4v) is 3.24. The molecule has 4 heteroatoms. The molecule has 3 fully saturated rings. The van der Waals surface area contributed by atoms with Crippen LogP contribution in [-0.4, -0.2) is 43.2 Å². The van der Waals surface area contributed by atoms with E-state index in [1.54, 1.807) is 0 Å². The van der Waals surface area contributed by atoms with Gasteiger partial charge < -0.3 is 15.5 Å². The van der Waals surface area contributed by atoms with Crippen molar-refractivity contribution in [2.75, 3.05) is 26.2 Å². The number of nitrogens with one attached hydrogen (secondary N) is 2. The topological polar surface area (TPSA) is 44.4 Å². The van der Waals surface area contributed by atoms with Gasteiger partial charge in [0.15, 0.2) is 0 Å². The van der Waals surface area contributed by atoms with Crippen LogP contribution in [0.3, 0.4) is 0 Å². The predicted octanol–water partition coefficient (Wildman–Crippen LogP) is 0.646. The zero-order valence-electron chi connectivity index (χ0n) is 9.91. The van der Waals surface area contributed by atoms with Gasteiger partial charge in [0, 0.05) is 32.2 Å². The molecule has 2 saturated heterocycles. The predicted molar refractivity (Wildman–Crippen MR) is 62.1 cm³/mol. The van der Waals surface area contributed by atoms with Crippen LogP contribution in [-0.2, 0) is 0 Å². The molecule has 2 aliphatic heterocycles. The SMILES string of the molecule is CC1CCCN(C(=O)NC2C3CNCC32)C1. The van der Waals surface area contributed by atoms with Crippen LogP contribution in [0.15, 0.2) is 0 Å². The number of urea groups is 1. The van der Waals surface area contributed by atoms with Crippen molar-refractivity contribution in [2.45, 2.75) is 25.8 Å². The van der Waals surface area contributed by atoms with E-state index in [4.69, 9.17) is 0 Å². The minimum Gasteiger partial charge on any atom is -0.335 e. The van der Waals surface area contributed by atoms with Crippen LogP contribution in [0.25, 0.3) is 0 Å². The molecule has 2 amide bonds. The number of amides is 2. The summed E-state index contributed by atoms with van der Waals surface area (Å²) >= 11 is 0. The van der Waals surface area contributed by atoms with E-state index in [0.29, 0.717) is 23.8 Å². The summed E-state index contributed by atoms with van der Waals surface area (Å²) in [5, 5.41) is 6.54. The van der Waals surface area contributed by atoms with E-state index in [2.05, 4.69) is 17.6 Å². The second-order valence-corrected chi connectivity index (χ2v) is 5.65. The Kier molecular flexibility index (Phi) is 2.54. The Morgan fingerprint density at radius 3 is 2.81 bits per heavy atom. The zero-order valence-corrected chi connectivity index (χ0v) is 9.91. The van der Waals surface area contributed by atoms with Crippen molar-refractivity contribution < 1.29 is 4.79 Å². The molecule has 3 unspecified atom stereocenters. The second-order valence-electron chi connectivity index (χ2n) is 5.65. The molecule has 2 heterocycles. The molecule has 4 nitrogen and oxygen atoms in total. The van der Waals surface area contributed by atoms with E-state index in [1.807, 2.05) is 4.90 Å². The van der Waals surface area contributed by atoms with Crippen LogP contribution < -0.4 is 10.6 Å². The first kappa shape index (κ1) is 10.4. The van der Waals surface area contributed by atoms with Crippen molar-refractivity contribution in [3.8, 4) is 0 Å². The molecule has 0 radical (unpaired) electrons. The Morgan fingerprint density at radius 2 is 2.12 bits per heavy atom. The fraction of sp³-hybridized carbons (Fsp3) is 0.917. The van der Waals surface area contributed by atoms with Crippen LogP contribution in [0.2, 0.25) is 0 Å². The molecule has 0 spiro atoms. The molecule has 2 N–H and O–H groups in total. The third kappa shape index (κ3) is 1.79. The molecule has 0 aromatic rings. The summed E-state index contributed by atoms with van der Waals surface area (Å²) in [4.78, 5) is 14.0. The van der Waals surface area contributed by atoms with Crippen LogP contribution >= 0.6 is 0 Å². The van der Waals surface area contributed by atoms with Crippen molar-refractivity contribution in [1.29, 1.82) is 0 Å². The lowest BCUT2D eigenvalue weighted by molar-refractivity contribution is 0.168. The number of piperidine rings is 2. The fourth-order valence-electron chi connectivity index (χ4n) is 3.24. The highest BCUT2D eigenvalue weighted by Gasteiger charge is 2.53. The summed E-state index contributed by atoms with van der Waals surface area (Å²) < 4.78 is 0. The molecule has 3 rings (SSSR count). The molecule has 16 heavy (non-hydrogen) atoms. The largest absolute Gasteiger partial charge is 0.335 e. The minimum atomic E-state index is 0.172. The van der Waals surface area contributed by atoms with Crippen LogP contribution in [0.1, 0.15) is 19.8 Å². The highest BCUT2D eigenvalue weighted by Crippen LogP contribution is 2.41. The smallest absolute Gasteiger partial charge is 0.317 e. The number of rotatable bonds is 1. The highest BCUT2D eigenvalue weighted by atomic mass is 16.2. The lowest BCUT2D eigenvalue weighted by atomic mass is 10.0. The maximum absolute atomic E-state index is 12.0. The van der Waals surface area contributed by atoms with E-state index in [9.17, 15) is 4.79 Å². The molecule has 0 aromatic carbocycles. The van der Waals surface area contributed by atoms with E-state index < -0.39 is 0 Å². The average Bonchev–Trinajstić information content (AvgIpc) is 2.74. The number of likely N-dealkylation sites (tertiary alicyclic amines) is 1.